The van der Waals surface area contributed by atoms with Crippen molar-refractivity contribution in [2.24, 2.45) is 28.6 Å². The van der Waals surface area contributed by atoms with E-state index in [-0.39, 0.29) is 55.6 Å². The molecule has 3 fully saturated rings. The lowest BCUT2D eigenvalue weighted by molar-refractivity contribution is -0.181. The Hall–Kier alpha value is -4.09. The highest BCUT2D eigenvalue weighted by atomic mass is 16.5. The number of para-hydroxylation sites is 1. The molecule has 0 saturated heterocycles. The normalized spacial score (nSPS) is 32.8. The summed E-state index contributed by atoms with van der Waals surface area (Å²) in [5.74, 6) is -2.74. The van der Waals surface area contributed by atoms with Crippen LogP contribution in [0.4, 0.5) is 0 Å². The van der Waals surface area contributed by atoms with Gasteiger partial charge < -0.3 is 30.0 Å². The van der Waals surface area contributed by atoms with E-state index in [4.69, 9.17) is 9.47 Å². The molecule has 11 nitrogen and oxygen atoms in total. The Morgan fingerprint density at radius 3 is 2.67 bits per heavy atom. The van der Waals surface area contributed by atoms with Gasteiger partial charge in [0.1, 0.15) is 11.6 Å². The predicted molar refractivity (Wildman–Crippen MR) is 174 cm³/mol. The predicted octanol–water partition coefficient (Wildman–Crippen LogP) is 3.27. The van der Waals surface area contributed by atoms with Gasteiger partial charge in [-0.25, -0.2) is 4.79 Å². The molecule has 0 aliphatic heterocycles. The number of H-pyrrole nitrogens is 1. The van der Waals surface area contributed by atoms with Crippen LogP contribution in [-0.4, -0.2) is 76.1 Å². The second-order valence-electron chi connectivity index (χ2n) is 14.4. The zero-order chi connectivity index (χ0) is 34.4. The molecule has 3 saturated carbocycles. The zero-order valence-electron chi connectivity index (χ0n) is 27.6. The van der Waals surface area contributed by atoms with Gasteiger partial charge in [0.2, 0.25) is 11.7 Å². The van der Waals surface area contributed by atoms with Gasteiger partial charge in [-0.2, -0.15) is 0 Å². The van der Waals surface area contributed by atoms with Gasteiger partial charge in [0.25, 0.3) is 0 Å². The van der Waals surface area contributed by atoms with Gasteiger partial charge in [-0.05, 0) is 67.7 Å². The van der Waals surface area contributed by atoms with Crippen LogP contribution in [0.2, 0.25) is 0 Å². The molecule has 0 unspecified atom stereocenters. The number of nitrogens with one attached hydrogen (secondary N) is 2. The molecule has 256 valence electrons. The molecule has 6 rings (SSSR count). The molecule has 1 heterocycles. The van der Waals surface area contributed by atoms with E-state index in [0.29, 0.717) is 12.8 Å². The van der Waals surface area contributed by atoms with Crippen LogP contribution in [0.15, 0.2) is 54.3 Å². The third-order valence-corrected chi connectivity index (χ3v) is 11.9. The number of allylic oxidation sites excluding steroid dienone is 4. The summed E-state index contributed by atoms with van der Waals surface area (Å²) in [5.41, 5.74) is -0.424. The number of ether oxygens (including phenoxy) is 2. The highest BCUT2D eigenvalue weighted by molar-refractivity contribution is 6.01. The number of aliphatic hydroxyl groups is 2. The first kappa shape index (κ1) is 33.8. The molecule has 0 bridgehead atoms. The Morgan fingerprint density at radius 1 is 1.12 bits per heavy atom. The molecular weight excluding hydrogens is 616 g/mol. The van der Waals surface area contributed by atoms with E-state index in [2.05, 4.69) is 17.2 Å². The van der Waals surface area contributed by atoms with Gasteiger partial charge >= 0.3 is 11.9 Å². The number of aromatic nitrogens is 1. The first-order chi connectivity index (χ1) is 22.8. The minimum atomic E-state index is -1.78. The topological polar surface area (TPSA) is 172 Å². The first-order valence-corrected chi connectivity index (χ1v) is 16.8. The fourth-order valence-electron chi connectivity index (χ4n) is 9.46. The van der Waals surface area contributed by atoms with Crippen molar-refractivity contribution in [1.29, 1.82) is 0 Å². The number of methoxy groups -OCH3 is 1. The lowest BCUT2D eigenvalue weighted by atomic mass is 9.46. The number of carbonyl (C=O) groups excluding carboxylic acids is 5. The van der Waals surface area contributed by atoms with Crippen molar-refractivity contribution in [3.63, 3.8) is 0 Å². The number of aliphatic hydroxyl groups excluding tert-OH is 1. The van der Waals surface area contributed by atoms with Crippen LogP contribution in [0.1, 0.15) is 64.4 Å². The molecule has 0 spiro atoms. The van der Waals surface area contributed by atoms with Crippen molar-refractivity contribution in [3.8, 4) is 0 Å². The van der Waals surface area contributed by atoms with Crippen molar-refractivity contribution in [2.75, 3.05) is 13.7 Å². The number of fused-ring (bicyclic) bond motifs is 6. The van der Waals surface area contributed by atoms with Crippen LogP contribution in [-0.2, 0) is 39.9 Å². The Labute approximate surface area is 279 Å². The minimum absolute atomic E-state index is 0.0318. The molecular formula is C37H44N2O9. The minimum Gasteiger partial charge on any atom is -0.467 e. The fourth-order valence-corrected chi connectivity index (χ4v) is 9.46. The standard InChI is InChI=1S/C37H44N2O9/c1-35-14-12-23(40)17-22(35)8-9-25-26-13-15-37(46,36(26,2)18-29(41)33(25)35)30(42)20-48-32(44)11-10-31(43)39-28(34(45)47-3)16-21-19-38-27-7-5-4-6-24(21)27/h4-7,12,14,17,19,25-26,28-29,33,38,41,46H,8-11,13,15-16,18,20H2,1-3H3,(H,39,43)/t25-,26+,28-,29+,33-,35-,36-,37+/m0/s1. The van der Waals surface area contributed by atoms with E-state index in [9.17, 15) is 34.2 Å². The molecule has 4 aliphatic rings. The Bertz CT molecular complexity index is 1710. The molecule has 1 aromatic carbocycles. The number of benzene rings is 1. The summed E-state index contributed by atoms with van der Waals surface area (Å²) < 4.78 is 10.1. The van der Waals surface area contributed by atoms with Crippen LogP contribution < -0.4 is 5.32 Å². The monoisotopic (exact) mass is 660 g/mol. The molecule has 1 aromatic heterocycles. The maximum Gasteiger partial charge on any atom is 0.328 e. The van der Waals surface area contributed by atoms with Gasteiger partial charge in [0.15, 0.2) is 12.4 Å². The van der Waals surface area contributed by atoms with Gasteiger partial charge in [-0.15, -0.1) is 0 Å². The number of hydrogen-bond donors (Lipinski definition) is 4. The molecule has 1 amide bonds. The van der Waals surface area contributed by atoms with Crippen molar-refractivity contribution in [3.05, 3.63) is 59.8 Å². The zero-order valence-corrected chi connectivity index (χ0v) is 27.6. The van der Waals surface area contributed by atoms with Gasteiger partial charge in [-0.1, -0.05) is 43.7 Å². The Morgan fingerprint density at radius 2 is 1.90 bits per heavy atom. The van der Waals surface area contributed by atoms with Gasteiger partial charge in [0, 0.05) is 46.7 Å². The van der Waals surface area contributed by atoms with E-state index < -0.39 is 58.8 Å². The van der Waals surface area contributed by atoms with Crippen LogP contribution >= 0.6 is 0 Å². The summed E-state index contributed by atoms with van der Waals surface area (Å²) in [6, 6.07) is 6.61. The number of carbonyl (C=O) groups is 5. The summed E-state index contributed by atoms with van der Waals surface area (Å²) in [6.07, 6.45) is 8.20. The van der Waals surface area contributed by atoms with E-state index in [0.717, 1.165) is 28.5 Å². The van der Waals surface area contributed by atoms with Crippen molar-refractivity contribution >= 4 is 40.3 Å². The number of Topliss-reactive ketones (excluding diaryl/α,β-unsaturated/α-hetero) is 1. The Kier molecular flexibility index (Phi) is 8.97. The number of hydrogen-bond acceptors (Lipinski definition) is 9. The summed E-state index contributed by atoms with van der Waals surface area (Å²) in [5, 5.41) is 27.0. The van der Waals surface area contributed by atoms with Crippen LogP contribution in [0.25, 0.3) is 10.9 Å². The number of ketones is 2. The number of amides is 1. The lowest BCUT2D eigenvalue weighted by Gasteiger charge is -2.59. The molecule has 4 aliphatic carbocycles. The molecule has 48 heavy (non-hydrogen) atoms. The van der Waals surface area contributed by atoms with E-state index >= 15 is 0 Å². The number of aromatic amines is 1. The summed E-state index contributed by atoms with van der Waals surface area (Å²) in [6.45, 7) is 3.27. The highest BCUT2D eigenvalue weighted by Gasteiger charge is 2.68. The second-order valence-corrected chi connectivity index (χ2v) is 14.4. The smallest absolute Gasteiger partial charge is 0.328 e. The van der Waals surface area contributed by atoms with E-state index in [1.54, 1.807) is 18.3 Å². The maximum absolute atomic E-state index is 13.6. The molecule has 2 aromatic rings. The van der Waals surface area contributed by atoms with Crippen molar-refractivity contribution < 1.29 is 43.7 Å². The van der Waals surface area contributed by atoms with Crippen LogP contribution in [0, 0.1) is 28.6 Å². The number of esters is 2. The summed E-state index contributed by atoms with van der Waals surface area (Å²) in [7, 11) is 1.23. The molecule has 11 heteroatoms. The van der Waals surface area contributed by atoms with E-state index in [1.807, 2.05) is 37.3 Å². The third kappa shape index (κ3) is 5.70. The quantitative estimate of drug-likeness (QED) is 0.279. The average molecular weight is 661 g/mol. The SMILES string of the molecule is COC(=O)[C@H](Cc1c[nH]c2ccccc12)NC(=O)CCC(=O)OCC(=O)[C@]1(O)CC[C@@H]2[C@@H]3CCC4=CC(=O)C=C[C@]4(C)[C@@H]3[C@H](O)C[C@@]21C. The van der Waals surface area contributed by atoms with Crippen LogP contribution in [0.3, 0.4) is 0 Å². The van der Waals surface area contributed by atoms with Crippen molar-refractivity contribution in [2.45, 2.75) is 83.0 Å². The lowest BCUT2D eigenvalue weighted by Crippen LogP contribution is -2.61. The Balaban J connectivity index is 1.04. The average Bonchev–Trinajstić information content (AvgIpc) is 3.59. The third-order valence-electron chi connectivity index (χ3n) is 11.9. The fraction of sp³-hybridized carbons (Fsp3) is 0.541. The molecule has 0 radical (unpaired) electrons. The largest absolute Gasteiger partial charge is 0.467 e. The van der Waals surface area contributed by atoms with E-state index in [1.165, 1.54) is 7.11 Å². The highest BCUT2D eigenvalue weighted by Crippen LogP contribution is 2.67. The summed E-state index contributed by atoms with van der Waals surface area (Å²) >= 11 is 0. The second kappa shape index (κ2) is 12.7. The number of rotatable bonds is 10. The van der Waals surface area contributed by atoms with Gasteiger partial charge in [0.05, 0.1) is 19.6 Å². The first-order valence-electron chi connectivity index (χ1n) is 16.8. The maximum atomic E-state index is 13.6. The van der Waals surface area contributed by atoms with Gasteiger partial charge in [-0.3, -0.25) is 19.2 Å². The molecule has 4 N–H and O–H groups in total. The van der Waals surface area contributed by atoms with Crippen LogP contribution in [0.5, 0.6) is 0 Å². The summed E-state index contributed by atoms with van der Waals surface area (Å²) in [4.78, 5) is 66.6. The molecule has 8 atom stereocenters. The van der Waals surface area contributed by atoms with Crippen molar-refractivity contribution in [1.82, 2.24) is 10.3 Å².